The van der Waals surface area contributed by atoms with Gasteiger partial charge in [0.05, 0.1) is 21.3 Å². The molecule has 6 heteroatoms. The van der Waals surface area contributed by atoms with Gasteiger partial charge in [-0.1, -0.05) is 19.1 Å². The Morgan fingerprint density at radius 1 is 0.962 bits per heavy atom. The van der Waals surface area contributed by atoms with Gasteiger partial charge in [0.1, 0.15) is 6.04 Å². The van der Waals surface area contributed by atoms with Gasteiger partial charge in [0.2, 0.25) is 11.7 Å². The first-order valence-corrected chi connectivity index (χ1v) is 8.48. The molecule has 6 nitrogen and oxygen atoms in total. The predicted molar refractivity (Wildman–Crippen MR) is 104 cm³/mol. The number of carbonyl (C=O) groups is 1. The van der Waals surface area contributed by atoms with Gasteiger partial charge in [0.25, 0.3) is 0 Å². The number of anilines is 2. The minimum absolute atomic E-state index is 0.136. The SMILES string of the molecule is CCc1ccc(NC(=O)[C@H](C)Nc2cc(OC)c(OC)c(OC)c2)cc1. The van der Waals surface area contributed by atoms with Crippen molar-refractivity contribution in [1.29, 1.82) is 0 Å². The molecule has 2 rings (SSSR count). The molecule has 0 aromatic heterocycles. The number of amides is 1. The maximum Gasteiger partial charge on any atom is 0.246 e. The van der Waals surface area contributed by atoms with Crippen LogP contribution in [0.5, 0.6) is 17.2 Å². The fourth-order valence-corrected chi connectivity index (χ4v) is 2.55. The molecule has 2 N–H and O–H groups in total. The third-order valence-corrected chi connectivity index (χ3v) is 4.07. The maximum absolute atomic E-state index is 12.4. The van der Waals surface area contributed by atoms with Crippen LogP contribution >= 0.6 is 0 Å². The van der Waals surface area contributed by atoms with Gasteiger partial charge >= 0.3 is 0 Å². The molecular formula is C20H26N2O4. The summed E-state index contributed by atoms with van der Waals surface area (Å²) in [4.78, 5) is 12.4. The molecule has 140 valence electrons. The Labute approximate surface area is 154 Å². The van der Waals surface area contributed by atoms with Crippen molar-refractivity contribution in [1.82, 2.24) is 0 Å². The zero-order chi connectivity index (χ0) is 19.1. The third kappa shape index (κ3) is 4.59. The Morgan fingerprint density at radius 2 is 1.54 bits per heavy atom. The highest BCUT2D eigenvalue weighted by molar-refractivity contribution is 5.96. The van der Waals surface area contributed by atoms with Gasteiger partial charge < -0.3 is 24.8 Å². The van der Waals surface area contributed by atoms with Crippen LogP contribution in [0.25, 0.3) is 0 Å². The van der Waals surface area contributed by atoms with E-state index in [1.807, 2.05) is 24.3 Å². The molecule has 0 saturated heterocycles. The number of nitrogens with one attached hydrogen (secondary N) is 2. The van der Waals surface area contributed by atoms with Crippen molar-refractivity contribution in [3.8, 4) is 17.2 Å². The molecule has 0 aliphatic carbocycles. The van der Waals surface area contributed by atoms with Crippen LogP contribution < -0.4 is 24.8 Å². The van der Waals surface area contributed by atoms with E-state index in [2.05, 4.69) is 17.6 Å². The molecule has 26 heavy (non-hydrogen) atoms. The Bertz CT molecular complexity index is 719. The second-order valence-corrected chi connectivity index (χ2v) is 5.82. The maximum atomic E-state index is 12.4. The van der Waals surface area contributed by atoms with E-state index in [4.69, 9.17) is 14.2 Å². The van der Waals surface area contributed by atoms with Crippen LogP contribution in [-0.4, -0.2) is 33.3 Å². The molecule has 0 saturated carbocycles. The number of benzene rings is 2. The number of rotatable bonds is 8. The van der Waals surface area contributed by atoms with Crippen LogP contribution in [0.3, 0.4) is 0 Å². The Balaban J connectivity index is 2.10. The molecule has 1 atom stereocenters. The van der Waals surface area contributed by atoms with Crippen molar-refractivity contribution in [2.45, 2.75) is 26.3 Å². The third-order valence-electron chi connectivity index (χ3n) is 4.07. The molecule has 0 fully saturated rings. The highest BCUT2D eigenvalue weighted by Gasteiger charge is 2.17. The lowest BCUT2D eigenvalue weighted by Crippen LogP contribution is -2.31. The quantitative estimate of drug-likeness (QED) is 0.753. The van der Waals surface area contributed by atoms with Gasteiger partial charge in [-0.15, -0.1) is 0 Å². The van der Waals surface area contributed by atoms with Gasteiger partial charge in [-0.3, -0.25) is 4.79 Å². The first-order valence-electron chi connectivity index (χ1n) is 8.48. The smallest absolute Gasteiger partial charge is 0.246 e. The number of carbonyl (C=O) groups excluding carboxylic acids is 1. The number of ether oxygens (including phenoxy) is 3. The van der Waals surface area contributed by atoms with E-state index in [9.17, 15) is 4.79 Å². The average Bonchev–Trinajstić information content (AvgIpc) is 2.67. The summed E-state index contributed by atoms with van der Waals surface area (Å²) in [6.07, 6.45) is 0.966. The van der Waals surface area contributed by atoms with Crippen LogP contribution in [0.4, 0.5) is 11.4 Å². The highest BCUT2D eigenvalue weighted by Crippen LogP contribution is 2.40. The highest BCUT2D eigenvalue weighted by atomic mass is 16.5. The summed E-state index contributed by atoms with van der Waals surface area (Å²) in [5, 5.41) is 6.06. The van der Waals surface area contributed by atoms with Crippen molar-refractivity contribution in [2.75, 3.05) is 32.0 Å². The standard InChI is InChI=1S/C20H26N2O4/c1-6-14-7-9-15(10-8-14)22-20(23)13(2)21-16-11-17(24-3)19(26-5)18(12-16)25-4/h7-13,21H,6H2,1-5H3,(H,22,23)/t13-/m0/s1. The van der Waals surface area contributed by atoms with Crippen molar-refractivity contribution in [3.63, 3.8) is 0 Å². The molecule has 0 unspecified atom stereocenters. The number of hydrogen-bond donors (Lipinski definition) is 2. The minimum Gasteiger partial charge on any atom is -0.493 e. The second-order valence-electron chi connectivity index (χ2n) is 5.82. The van der Waals surface area contributed by atoms with Crippen LogP contribution in [0, 0.1) is 0 Å². The summed E-state index contributed by atoms with van der Waals surface area (Å²) in [5.74, 6) is 1.42. The molecule has 1 amide bonds. The predicted octanol–water partition coefficient (Wildman–Crippen LogP) is 3.71. The average molecular weight is 358 g/mol. The number of methoxy groups -OCH3 is 3. The molecule has 0 aliphatic rings. The summed E-state index contributed by atoms with van der Waals surface area (Å²) in [6.45, 7) is 3.88. The van der Waals surface area contributed by atoms with Crippen molar-refractivity contribution < 1.29 is 19.0 Å². The molecule has 0 heterocycles. The van der Waals surface area contributed by atoms with Crippen molar-refractivity contribution in [3.05, 3.63) is 42.0 Å². The van der Waals surface area contributed by atoms with E-state index in [0.29, 0.717) is 22.9 Å². The van der Waals surface area contributed by atoms with Gasteiger partial charge in [0.15, 0.2) is 11.5 Å². The van der Waals surface area contributed by atoms with Crippen LogP contribution in [0.1, 0.15) is 19.4 Å². The molecule has 2 aromatic rings. The first kappa shape index (κ1) is 19.4. The molecule has 0 aliphatic heterocycles. The lowest BCUT2D eigenvalue weighted by molar-refractivity contribution is -0.116. The summed E-state index contributed by atoms with van der Waals surface area (Å²) in [7, 11) is 4.65. The monoisotopic (exact) mass is 358 g/mol. The largest absolute Gasteiger partial charge is 0.493 e. The van der Waals surface area contributed by atoms with E-state index in [0.717, 1.165) is 12.1 Å². The topological polar surface area (TPSA) is 68.8 Å². The first-order chi connectivity index (χ1) is 12.5. The van der Waals surface area contributed by atoms with E-state index >= 15 is 0 Å². The van der Waals surface area contributed by atoms with Crippen LogP contribution in [0.2, 0.25) is 0 Å². The van der Waals surface area contributed by atoms with Crippen molar-refractivity contribution in [2.24, 2.45) is 0 Å². The normalized spacial score (nSPS) is 11.4. The summed E-state index contributed by atoms with van der Waals surface area (Å²) in [6, 6.07) is 10.9. The lowest BCUT2D eigenvalue weighted by Gasteiger charge is -2.18. The second kappa shape index (κ2) is 8.99. The summed E-state index contributed by atoms with van der Waals surface area (Å²) >= 11 is 0. The molecule has 0 spiro atoms. The molecule has 2 aromatic carbocycles. The zero-order valence-electron chi connectivity index (χ0n) is 15.9. The van der Waals surface area contributed by atoms with Crippen LogP contribution in [-0.2, 0) is 11.2 Å². The van der Waals surface area contributed by atoms with Gasteiger partial charge in [-0.05, 0) is 31.0 Å². The number of aryl methyl sites for hydroxylation is 1. The zero-order valence-corrected chi connectivity index (χ0v) is 15.9. The van der Waals surface area contributed by atoms with E-state index in [-0.39, 0.29) is 5.91 Å². The Kier molecular flexibility index (Phi) is 6.72. The lowest BCUT2D eigenvalue weighted by atomic mass is 10.1. The van der Waals surface area contributed by atoms with Gasteiger partial charge in [-0.2, -0.15) is 0 Å². The fraction of sp³-hybridized carbons (Fsp3) is 0.350. The van der Waals surface area contributed by atoms with Gasteiger partial charge in [-0.25, -0.2) is 0 Å². The molecular weight excluding hydrogens is 332 g/mol. The summed E-state index contributed by atoms with van der Waals surface area (Å²) in [5.41, 5.74) is 2.70. The molecule has 0 bridgehead atoms. The Hall–Kier alpha value is -2.89. The van der Waals surface area contributed by atoms with Crippen molar-refractivity contribution >= 4 is 17.3 Å². The van der Waals surface area contributed by atoms with Gasteiger partial charge in [0, 0.05) is 23.5 Å². The number of hydrogen-bond acceptors (Lipinski definition) is 5. The van der Waals surface area contributed by atoms with Crippen LogP contribution in [0.15, 0.2) is 36.4 Å². The van der Waals surface area contributed by atoms with E-state index in [1.54, 1.807) is 40.4 Å². The summed E-state index contributed by atoms with van der Waals surface area (Å²) < 4.78 is 16.0. The Morgan fingerprint density at radius 3 is 2.00 bits per heavy atom. The van der Waals surface area contributed by atoms with E-state index < -0.39 is 6.04 Å². The minimum atomic E-state index is -0.455. The molecule has 0 radical (unpaired) electrons. The van der Waals surface area contributed by atoms with E-state index in [1.165, 1.54) is 5.56 Å². The fourth-order valence-electron chi connectivity index (χ4n) is 2.55.